The highest BCUT2D eigenvalue weighted by Crippen LogP contribution is 2.12. The molecule has 0 bridgehead atoms. The summed E-state index contributed by atoms with van der Waals surface area (Å²) in [5, 5.41) is 2.85. The van der Waals surface area contributed by atoms with Gasteiger partial charge in [-0.15, -0.1) is 0 Å². The third-order valence-corrected chi connectivity index (χ3v) is 3.81. The molecule has 1 aromatic carbocycles. The van der Waals surface area contributed by atoms with E-state index >= 15 is 0 Å². The largest absolute Gasteiger partial charge is 0.399 e. The topological polar surface area (TPSA) is 58.4 Å². The standard InChI is InChI=1S/C16H24FN3O/c1-12(11-20-5-3-2-4-6-20)10-19-16(21)13-7-14(17)9-15(18)8-13/h7-9,12H,2-6,10-11,18H2,1H3,(H,19,21). The third-order valence-electron chi connectivity index (χ3n) is 3.81. The quantitative estimate of drug-likeness (QED) is 0.819. The Morgan fingerprint density at radius 2 is 2.05 bits per heavy atom. The lowest BCUT2D eigenvalue weighted by atomic mass is 10.1. The van der Waals surface area contributed by atoms with Crippen molar-refractivity contribution in [2.45, 2.75) is 26.2 Å². The molecule has 1 amide bonds. The number of anilines is 1. The molecule has 2 rings (SSSR count). The number of carbonyl (C=O) groups is 1. The van der Waals surface area contributed by atoms with E-state index in [4.69, 9.17) is 5.73 Å². The lowest BCUT2D eigenvalue weighted by Gasteiger charge is -2.29. The van der Waals surface area contributed by atoms with Crippen LogP contribution in [0.25, 0.3) is 0 Å². The maximum absolute atomic E-state index is 13.2. The van der Waals surface area contributed by atoms with Crippen LogP contribution in [0.4, 0.5) is 10.1 Å². The monoisotopic (exact) mass is 293 g/mol. The summed E-state index contributed by atoms with van der Waals surface area (Å²) in [7, 11) is 0. The van der Waals surface area contributed by atoms with Gasteiger partial charge in [0.05, 0.1) is 0 Å². The van der Waals surface area contributed by atoms with Gasteiger partial charge in [-0.25, -0.2) is 4.39 Å². The fraction of sp³-hybridized carbons (Fsp3) is 0.562. The number of nitrogen functional groups attached to an aromatic ring is 1. The summed E-state index contributed by atoms with van der Waals surface area (Å²) in [5.41, 5.74) is 6.09. The van der Waals surface area contributed by atoms with Gasteiger partial charge in [-0.3, -0.25) is 4.79 Å². The summed E-state index contributed by atoms with van der Waals surface area (Å²) < 4.78 is 13.2. The van der Waals surface area contributed by atoms with Gasteiger partial charge < -0.3 is 16.0 Å². The number of piperidine rings is 1. The predicted molar refractivity (Wildman–Crippen MR) is 82.6 cm³/mol. The fourth-order valence-corrected chi connectivity index (χ4v) is 2.76. The Labute approximate surface area is 125 Å². The predicted octanol–water partition coefficient (Wildman–Crippen LogP) is 2.26. The molecule has 1 heterocycles. The summed E-state index contributed by atoms with van der Waals surface area (Å²) in [6.45, 7) is 6.00. The van der Waals surface area contributed by atoms with Gasteiger partial charge in [0, 0.05) is 24.3 Å². The second-order valence-corrected chi connectivity index (χ2v) is 5.95. The first-order chi connectivity index (χ1) is 10.0. The maximum Gasteiger partial charge on any atom is 0.251 e. The number of halogens is 1. The van der Waals surface area contributed by atoms with Crippen LogP contribution in [-0.4, -0.2) is 37.0 Å². The van der Waals surface area contributed by atoms with Crippen molar-refractivity contribution in [3.8, 4) is 0 Å². The van der Waals surface area contributed by atoms with E-state index < -0.39 is 5.82 Å². The number of likely N-dealkylation sites (tertiary alicyclic amines) is 1. The smallest absolute Gasteiger partial charge is 0.251 e. The molecule has 0 saturated carbocycles. The lowest BCUT2D eigenvalue weighted by molar-refractivity contribution is 0.0942. The van der Waals surface area contributed by atoms with Gasteiger partial charge in [0.2, 0.25) is 0 Å². The number of nitrogens with two attached hydrogens (primary N) is 1. The molecule has 0 aliphatic carbocycles. The second-order valence-electron chi connectivity index (χ2n) is 5.95. The van der Waals surface area contributed by atoms with Crippen molar-refractivity contribution in [3.05, 3.63) is 29.6 Å². The van der Waals surface area contributed by atoms with Crippen LogP contribution in [0.1, 0.15) is 36.5 Å². The first kappa shape index (κ1) is 15.8. The van der Waals surface area contributed by atoms with Gasteiger partial charge in [-0.05, 0) is 50.0 Å². The Hall–Kier alpha value is -1.62. The minimum absolute atomic E-state index is 0.265. The van der Waals surface area contributed by atoms with E-state index in [0.717, 1.165) is 19.6 Å². The molecule has 1 unspecified atom stereocenters. The summed E-state index contributed by atoms with van der Waals surface area (Å²) in [5.74, 6) is -0.383. The molecule has 0 spiro atoms. The van der Waals surface area contributed by atoms with Crippen molar-refractivity contribution >= 4 is 11.6 Å². The molecular formula is C16H24FN3O. The van der Waals surface area contributed by atoms with Crippen molar-refractivity contribution in [1.29, 1.82) is 0 Å². The Bertz CT molecular complexity index is 466. The van der Waals surface area contributed by atoms with Gasteiger partial charge >= 0.3 is 0 Å². The summed E-state index contributed by atoms with van der Waals surface area (Å²) in [6.07, 6.45) is 3.85. The van der Waals surface area contributed by atoms with E-state index in [1.54, 1.807) is 0 Å². The van der Waals surface area contributed by atoms with Gasteiger partial charge in [0.25, 0.3) is 5.91 Å². The molecule has 1 aliphatic rings. The number of carbonyl (C=O) groups excluding carboxylic acids is 1. The maximum atomic E-state index is 13.2. The zero-order valence-electron chi connectivity index (χ0n) is 12.6. The minimum Gasteiger partial charge on any atom is -0.399 e. The molecular weight excluding hydrogens is 269 g/mol. The summed E-state index contributed by atoms with van der Waals surface area (Å²) in [4.78, 5) is 14.4. The molecule has 21 heavy (non-hydrogen) atoms. The van der Waals surface area contributed by atoms with Crippen LogP contribution in [0.5, 0.6) is 0 Å². The number of nitrogens with zero attached hydrogens (tertiary/aromatic N) is 1. The van der Waals surface area contributed by atoms with E-state index in [-0.39, 0.29) is 17.2 Å². The molecule has 1 aliphatic heterocycles. The first-order valence-corrected chi connectivity index (χ1v) is 7.61. The van der Waals surface area contributed by atoms with Crippen molar-refractivity contribution in [2.24, 2.45) is 5.92 Å². The first-order valence-electron chi connectivity index (χ1n) is 7.61. The normalized spacial score (nSPS) is 17.4. The molecule has 1 fully saturated rings. The second kappa shape index (κ2) is 7.41. The number of hydrogen-bond acceptors (Lipinski definition) is 3. The highest BCUT2D eigenvalue weighted by Gasteiger charge is 2.15. The van der Waals surface area contributed by atoms with Gasteiger partial charge in [-0.1, -0.05) is 13.3 Å². The number of hydrogen-bond donors (Lipinski definition) is 2. The zero-order valence-corrected chi connectivity index (χ0v) is 12.6. The Balaban J connectivity index is 1.79. The molecule has 5 heteroatoms. The van der Waals surface area contributed by atoms with E-state index in [9.17, 15) is 9.18 Å². The zero-order chi connectivity index (χ0) is 15.2. The van der Waals surface area contributed by atoms with Crippen LogP contribution >= 0.6 is 0 Å². The molecule has 1 aromatic rings. The lowest BCUT2D eigenvalue weighted by Crippen LogP contribution is -2.38. The van der Waals surface area contributed by atoms with Gasteiger partial charge in [0.1, 0.15) is 5.82 Å². The van der Waals surface area contributed by atoms with E-state index in [1.165, 1.54) is 37.5 Å². The van der Waals surface area contributed by atoms with Crippen molar-refractivity contribution in [2.75, 3.05) is 31.9 Å². The molecule has 3 N–H and O–H groups in total. The number of amides is 1. The average molecular weight is 293 g/mol. The van der Waals surface area contributed by atoms with Gasteiger partial charge in [-0.2, -0.15) is 0 Å². The van der Waals surface area contributed by atoms with Crippen LogP contribution in [0.3, 0.4) is 0 Å². The Morgan fingerprint density at radius 1 is 1.33 bits per heavy atom. The molecule has 1 saturated heterocycles. The summed E-state index contributed by atoms with van der Waals surface area (Å²) >= 11 is 0. The highest BCUT2D eigenvalue weighted by molar-refractivity contribution is 5.95. The Kier molecular flexibility index (Phi) is 5.56. The SMILES string of the molecule is CC(CNC(=O)c1cc(N)cc(F)c1)CN1CCCCC1. The van der Waals surface area contributed by atoms with E-state index in [1.807, 2.05) is 0 Å². The van der Waals surface area contributed by atoms with Crippen LogP contribution in [0, 0.1) is 11.7 Å². The third kappa shape index (κ3) is 5.01. The number of rotatable bonds is 5. The van der Waals surface area contributed by atoms with Crippen molar-refractivity contribution in [1.82, 2.24) is 10.2 Å². The van der Waals surface area contributed by atoms with E-state index in [2.05, 4.69) is 17.1 Å². The number of nitrogens with one attached hydrogen (secondary N) is 1. The molecule has 116 valence electrons. The minimum atomic E-state index is -0.485. The molecule has 0 aromatic heterocycles. The summed E-state index contributed by atoms with van der Waals surface area (Å²) in [6, 6.07) is 3.91. The van der Waals surface area contributed by atoms with Crippen LogP contribution in [0.2, 0.25) is 0 Å². The molecule has 4 nitrogen and oxygen atoms in total. The van der Waals surface area contributed by atoms with Crippen LogP contribution in [0.15, 0.2) is 18.2 Å². The van der Waals surface area contributed by atoms with Crippen molar-refractivity contribution in [3.63, 3.8) is 0 Å². The average Bonchev–Trinajstić information content (AvgIpc) is 2.45. The molecule has 0 radical (unpaired) electrons. The van der Waals surface area contributed by atoms with Crippen LogP contribution < -0.4 is 11.1 Å². The highest BCUT2D eigenvalue weighted by atomic mass is 19.1. The van der Waals surface area contributed by atoms with Gasteiger partial charge in [0.15, 0.2) is 0 Å². The Morgan fingerprint density at radius 3 is 2.71 bits per heavy atom. The number of benzene rings is 1. The fourth-order valence-electron chi connectivity index (χ4n) is 2.76. The van der Waals surface area contributed by atoms with E-state index in [0.29, 0.717) is 12.5 Å². The van der Waals surface area contributed by atoms with Crippen molar-refractivity contribution < 1.29 is 9.18 Å². The molecule has 1 atom stereocenters. The van der Waals surface area contributed by atoms with Crippen LogP contribution in [-0.2, 0) is 0 Å².